The highest BCUT2D eigenvalue weighted by Gasteiger charge is 2.33. The maximum atomic E-state index is 12.1. The standard InChI is InChI=1S/C16H30N2O/c1-10(2)13-7-4-11(3)8-15(13)18-16(19)9-14(17)12-5-6-12/h10-15H,4-9,17H2,1-3H3,(H,18,19). The van der Waals surface area contributed by atoms with Gasteiger partial charge in [-0.15, -0.1) is 0 Å². The van der Waals surface area contributed by atoms with Crippen molar-refractivity contribution in [1.82, 2.24) is 5.32 Å². The molecule has 1 amide bonds. The number of carbonyl (C=O) groups excluding carboxylic acids is 1. The first-order chi connectivity index (χ1) is 8.97. The lowest BCUT2D eigenvalue weighted by molar-refractivity contribution is -0.123. The van der Waals surface area contributed by atoms with Crippen molar-refractivity contribution in [3.63, 3.8) is 0 Å². The van der Waals surface area contributed by atoms with Crippen LogP contribution in [0, 0.1) is 23.7 Å². The minimum absolute atomic E-state index is 0.0820. The van der Waals surface area contributed by atoms with Gasteiger partial charge in [-0.05, 0) is 49.4 Å². The summed E-state index contributed by atoms with van der Waals surface area (Å²) in [5.41, 5.74) is 6.05. The van der Waals surface area contributed by atoms with Crippen LogP contribution in [-0.4, -0.2) is 18.0 Å². The molecule has 2 fully saturated rings. The van der Waals surface area contributed by atoms with Crippen LogP contribution in [0.25, 0.3) is 0 Å². The van der Waals surface area contributed by atoms with E-state index in [-0.39, 0.29) is 11.9 Å². The Kier molecular flexibility index (Phi) is 4.88. The summed E-state index contributed by atoms with van der Waals surface area (Å²) in [4.78, 5) is 12.1. The van der Waals surface area contributed by atoms with E-state index in [1.165, 1.54) is 25.7 Å². The van der Waals surface area contributed by atoms with Crippen molar-refractivity contribution in [2.75, 3.05) is 0 Å². The summed E-state index contributed by atoms with van der Waals surface area (Å²) in [6.07, 6.45) is 6.62. The molecule has 0 spiro atoms. The SMILES string of the molecule is CC1CCC(C(C)C)C(NC(=O)CC(N)C2CC2)C1. The van der Waals surface area contributed by atoms with E-state index in [2.05, 4.69) is 26.1 Å². The number of nitrogens with two attached hydrogens (primary N) is 1. The van der Waals surface area contributed by atoms with Crippen molar-refractivity contribution in [1.29, 1.82) is 0 Å². The molecule has 2 aliphatic rings. The average molecular weight is 266 g/mol. The van der Waals surface area contributed by atoms with Crippen LogP contribution in [0.5, 0.6) is 0 Å². The topological polar surface area (TPSA) is 55.1 Å². The van der Waals surface area contributed by atoms with Crippen molar-refractivity contribution in [3.8, 4) is 0 Å². The molecule has 2 saturated carbocycles. The van der Waals surface area contributed by atoms with E-state index in [9.17, 15) is 4.79 Å². The Morgan fingerprint density at radius 2 is 1.95 bits per heavy atom. The van der Waals surface area contributed by atoms with Crippen LogP contribution in [0.15, 0.2) is 0 Å². The van der Waals surface area contributed by atoms with Crippen LogP contribution >= 0.6 is 0 Å². The molecule has 0 aromatic rings. The van der Waals surface area contributed by atoms with Gasteiger partial charge in [0, 0.05) is 18.5 Å². The fourth-order valence-electron chi connectivity index (χ4n) is 3.54. The molecule has 4 atom stereocenters. The van der Waals surface area contributed by atoms with Crippen LogP contribution in [0.4, 0.5) is 0 Å². The summed E-state index contributed by atoms with van der Waals surface area (Å²) in [5.74, 6) is 2.80. The van der Waals surface area contributed by atoms with Gasteiger partial charge in [-0.2, -0.15) is 0 Å². The third-order valence-electron chi connectivity index (χ3n) is 5.02. The van der Waals surface area contributed by atoms with Crippen molar-refractivity contribution < 1.29 is 4.79 Å². The van der Waals surface area contributed by atoms with Crippen molar-refractivity contribution in [3.05, 3.63) is 0 Å². The quantitative estimate of drug-likeness (QED) is 0.804. The van der Waals surface area contributed by atoms with Crippen LogP contribution in [0.2, 0.25) is 0 Å². The van der Waals surface area contributed by atoms with E-state index >= 15 is 0 Å². The van der Waals surface area contributed by atoms with Gasteiger partial charge in [-0.3, -0.25) is 4.79 Å². The van der Waals surface area contributed by atoms with Gasteiger partial charge in [0.2, 0.25) is 5.91 Å². The molecule has 0 aliphatic heterocycles. The minimum Gasteiger partial charge on any atom is -0.353 e. The highest BCUT2D eigenvalue weighted by molar-refractivity contribution is 5.77. The first-order valence-electron chi connectivity index (χ1n) is 8.02. The lowest BCUT2D eigenvalue weighted by atomic mass is 9.74. The number of hydrogen-bond acceptors (Lipinski definition) is 2. The van der Waals surface area contributed by atoms with E-state index in [0.29, 0.717) is 30.2 Å². The molecule has 3 heteroatoms. The molecule has 0 heterocycles. The molecule has 0 aromatic heterocycles. The molecule has 2 rings (SSSR count). The zero-order valence-electron chi connectivity index (χ0n) is 12.7. The molecule has 2 aliphatic carbocycles. The summed E-state index contributed by atoms with van der Waals surface area (Å²) in [7, 11) is 0. The van der Waals surface area contributed by atoms with Gasteiger partial charge < -0.3 is 11.1 Å². The Bertz CT molecular complexity index is 312. The van der Waals surface area contributed by atoms with Crippen LogP contribution < -0.4 is 11.1 Å². The molecule has 0 aromatic carbocycles. The first-order valence-corrected chi connectivity index (χ1v) is 8.02. The molecular weight excluding hydrogens is 236 g/mol. The number of amides is 1. The van der Waals surface area contributed by atoms with Gasteiger partial charge in [0.1, 0.15) is 0 Å². The summed E-state index contributed by atoms with van der Waals surface area (Å²) in [6, 6.07) is 0.446. The summed E-state index contributed by atoms with van der Waals surface area (Å²) in [5, 5.41) is 3.28. The Morgan fingerprint density at radius 1 is 1.26 bits per heavy atom. The second-order valence-corrected chi connectivity index (χ2v) is 7.21. The van der Waals surface area contributed by atoms with Gasteiger partial charge in [0.25, 0.3) is 0 Å². The largest absolute Gasteiger partial charge is 0.353 e. The third-order valence-corrected chi connectivity index (χ3v) is 5.02. The van der Waals surface area contributed by atoms with Crippen LogP contribution in [0.1, 0.15) is 59.3 Å². The Labute approximate surface area is 117 Å². The maximum absolute atomic E-state index is 12.1. The number of carbonyl (C=O) groups is 1. The Hall–Kier alpha value is -0.570. The van der Waals surface area contributed by atoms with Gasteiger partial charge in [-0.25, -0.2) is 0 Å². The van der Waals surface area contributed by atoms with Crippen LogP contribution in [0.3, 0.4) is 0 Å². The second-order valence-electron chi connectivity index (χ2n) is 7.21. The van der Waals surface area contributed by atoms with Gasteiger partial charge in [0.15, 0.2) is 0 Å². The maximum Gasteiger partial charge on any atom is 0.221 e. The summed E-state index contributed by atoms with van der Waals surface area (Å²) >= 11 is 0. The molecule has 0 bridgehead atoms. The van der Waals surface area contributed by atoms with Gasteiger partial charge in [0.05, 0.1) is 0 Å². The van der Waals surface area contributed by atoms with E-state index < -0.39 is 0 Å². The third kappa shape index (κ3) is 4.20. The summed E-state index contributed by atoms with van der Waals surface area (Å²) < 4.78 is 0. The zero-order valence-corrected chi connectivity index (χ0v) is 12.7. The van der Waals surface area contributed by atoms with Gasteiger partial charge in [-0.1, -0.05) is 27.2 Å². The molecule has 110 valence electrons. The number of hydrogen-bond donors (Lipinski definition) is 2. The fraction of sp³-hybridized carbons (Fsp3) is 0.938. The highest BCUT2D eigenvalue weighted by Crippen LogP contribution is 2.34. The van der Waals surface area contributed by atoms with Crippen molar-refractivity contribution in [2.24, 2.45) is 29.4 Å². The lowest BCUT2D eigenvalue weighted by Gasteiger charge is -2.38. The first kappa shape index (κ1) is 14.8. The van der Waals surface area contributed by atoms with E-state index in [4.69, 9.17) is 5.73 Å². The Morgan fingerprint density at radius 3 is 2.53 bits per heavy atom. The molecule has 0 radical (unpaired) electrons. The average Bonchev–Trinajstić information content (AvgIpc) is 3.11. The molecule has 19 heavy (non-hydrogen) atoms. The number of nitrogens with one attached hydrogen (secondary N) is 1. The van der Waals surface area contributed by atoms with E-state index in [1.54, 1.807) is 0 Å². The van der Waals surface area contributed by atoms with E-state index in [0.717, 1.165) is 12.3 Å². The number of rotatable bonds is 5. The van der Waals surface area contributed by atoms with Crippen molar-refractivity contribution >= 4 is 5.91 Å². The van der Waals surface area contributed by atoms with E-state index in [1.807, 2.05) is 0 Å². The summed E-state index contributed by atoms with van der Waals surface area (Å²) in [6.45, 7) is 6.84. The minimum atomic E-state index is 0.0820. The molecule has 3 nitrogen and oxygen atoms in total. The normalized spacial score (nSPS) is 33.2. The van der Waals surface area contributed by atoms with Gasteiger partial charge >= 0.3 is 0 Å². The molecule has 3 N–H and O–H groups in total. The second kappa shape index (κ2) is 6.25. The van der Waals surface area contributed by atoms with Crippen LogP contribution in [-0.2, 0) is 4.79 Å². The molecule has 0 saturated heterocycles. The monoisotopic (exact) mass is 266 g/mol. The Balaban J connectivity index is 1.84. The smallest absolute Gasteiger partial charge is 0.221 e. The fourth-order valence-corrected chi connectivity index (χ4v) is 3.54. The molecule has 4 unspecified atom stereocenters. The van der Waals surface area contributed by atoms with Crippen molar-refractivity contribution in [2.45, 2.75) is 71.4 Å². The highest BCUT2D eigenvalue weighted by atomic mass is 16.1. The molecular formula is C16H30N2O. The lowest BCUT2D eigenvalue weighted by Crippen LogP contribution is -2.47. The zero-order chi connectivity index (χ0) is 14.0. The predicted octanol–water partition coefficient (Wildman–Crippen LogP) is 2.69. The predicted molar refractivity (Wildman–Crippen MR) is 78.6 cm³/mol.